The molecule has 0 saturated carbocycles. The van der Waals surface area contributed by atoms with Gasteiger partial charge < -0.3 is 14.2 Å². The third-order valence-electron chi connectivity index (χ3n) is 7.41. The Balaban J connectivity index is 1.35. The lowest BCUT2D eigenvalue weighted by atomic mass is 10.0. The second-order valence-electron chi connectivity index (χ2n) is 10.5. The van der Waals surface area contributed by atoms with Crippen molar-refractivity contribution in [2.24, 2.45) is 11.8 Å². The molecule has 2 aromatic carbocycles. The molecule has 198 valence electrons. The SMILES string of the molecule is C=CCCCCCCC1COC(c2ccc(-c3ccc(OCCCCC[C@@H](C)CC)cc3)cc2)OC1. The molecule has 0 spiro atoms. The summed E-state index contributed by atoms with van der Waals surface area (Å²) in [7, 11) is 0. The van der Waals surface area contributed by atoms with Gasteiger partial charge in [0.25, 0.3) is 0 Å². The van der Waals surface area contributed by atoms with Crippen LogP contribution in [0.3, 0.4) is 0 Å². The first-order chi connectivity index (χ1) is 17.7. The van der Waals surface area contributed by atoms with E-state index in [0.29, 0.717) is 5.92 Å². The van der Waals surface area contributed by atoms with Crippen LogP contribution in [0.1, 0.15) is 96.3 Å². The van der Waals surface area contributed by atoms with Crippen LogP contribution in [-0.2, 0) is 9.47 Å². The van der Waals surface area contributed by atoms with E-state index < -0.39 is 0 Å². The Hall–Kier alpha value is -2.10. The van der Waals surface area contributed by atoms with E-state index in [4.69, 9.17) is 14.2 Å². The average Bonchev–Trinajstić information content (AvgIpc) is 2.93. The lowest BCUT2D eigenvalue weighted by molar-refractivity contribution is -0.206. The van der Waals surface area contributed by atoms with E-state index in [1.54, 1.807) is 0 Å². The van der Waals surface area contributed by atoms with Crippen molar-refractivity contribution >= 4 is 0 Å². The molecule has 0 amide bonds. The number of unbranched alkanes of at least 4 members (excludes halogenated alkanes) is 6. The van der Waals surface area contributed by atoms with Crippen LogP contribution in [-0.4, -0.2) is 19.8 Å². The van der Waals surface area contributed by atoms with Crippen molar-refractivity contribution in [1.82, 2.24) is 0 Å². The average molecular weight is 493 g/mol. The highest BCUT2D eigenvalue weighted by Crippen LogP contribution is 2.30. The molecule has 2 aromatic rings. The van der Waals surface area contributed by atoms with Crippen LogP contribution in [0, 0.1) is 11.8 Å². The summed E-state index contributed by atoms with van der Waals surface area (Å²) in [5.41, 5.74) is 3.48. The third kappa shape index (κ3) is 10.1. The molecule has 3 nitrogen and oxygen atoms in total. The highest BCUT2D eigenvalue weighted by molar-refractivity contribution is 5.64. The van der Waals surface area contributed by atoms with Gasteiger partial charge in [-0.2, -0.15) is 0 Å². The Morgan fingerprint density at radius 3 is 2.17 bits per heavy atom. The Labute approximate surface area is 220 Å². The Morgan fingerprint density at radius 1 is 0.861 bits per heavy atom. The summed E-state index contributed by atoms with van der Waals surface area (Å²) in [5.74, 6) is 2.32. The second kappa shape index (κ2) is 16.6. The molecular weight excluding hydrogens is 444 g/mol. The second-order valence-corrected chi connectivity index (χ2v) is 10.5. The quantitative estimate of drug-likeness (QED) is 0.162. The Bertz CT molecular complexity index is 834. The fourth-order valence-corrected chi connectivity index (χ4v) is 4.72. The summed E-state index contributed by atoms with van der Waals surface area (Å²) in [5, 5.41) is 0. The molecule has 0 aromatic heterocycles. The maximum absolute atomic E-state index is 6.06. The van der Waals surface area contributed by atoms with Gasteiger partial charge in [-0.05, 0) is 54.9 Å². The van der Waals surface area contributed by atoms with Crippen LogP contribution in [0.4, 0.5) is 0 Å². The fourth-order valence-electron chi connectivity index (χ4n) is 4.72. The Kier molecular flexibility index (Phi) is 13.1. The summed E-state index contributed by atoms with van der Waals surface area (Å²) in [6, 6.07) is 17.0. The van der Waals surface area contributed by atoms with Gasteiger partial charge in [0.05, 0.1) is 19.8 Å². The van der Waals surface area contributed by atoms with Gasteiger partial charge in [0, 0.05) is 11.5 Å². The van der Waals surface area contributed by atoms with E-state index >= 15 is 0 Å². The van der Waals surface area contributed by atoms with Gasteiger partial charge in [-0.1, -0.05) is 101 Å². The number of hydrogen-bond donors (Lipinski definition) is 0. The molecule has 1 aliphatic rings. The minimum atomic E-state index is -0.246. The summed E-state index contributed by atoms with van der Waals surface area (Å²) in [4.78, 5) is 0. The van der Waals surface area contributed by atoms with Crippen LogP contribution < -0.4 is 4.74 Å². The summed E-state index contributed by atoms with van der Waals surface area (Å²) >= 11 is 0. The van der Waals surface area contributed by atoms with Gasteiger partial charge in [0.1, 0.15) is 5.75 Å². The van der Waals surface area contributed by atoms with Gasteiger partial charge >= 0.3 is 0 Å². The Morgan fingerprint density at radius 2 is 1.50 bits per heavy atom. The lowest BCUT2D eigenvalue weighted by Crippen LogP contribution is -2.27. The molecule has 1 heterocycles. The van der Waals surface area contributed by atoms with E-state index in [-0.39, 0.29) is 6.29 Å². The minimum Gasteiger partial charge on any atom is -0.494 e. The molecule has 0 radical (unpaired) electrons. The van der Waals surface area contributed by atoms with E-state index in [1.807, 2.05) is 6.08 Å². The normalized spacial score (nSPS) is 18.6. The first-order valence-electron chi connectivity index (χ1n) is 14.4. The molecule has 1 aliphatic heterocycles. The molecule has 3 rings (SSSR count). The zero-order valence-electron chi connectivity index (χ0n) is 22.8. The molecule has 36 heavy (non-hydrogen) atoms. The van der Waals surface area contributed by atoms with Gasteiger partial charge in [0.2, 0.25) is 0 Å². The van der Waals surface area contributed by atoms with E-state index in [2.05, 4.69) is 69.0 Å². The largest absolute Gasteiger partial charge is 0.494 e. The molecule has 0 unspecified atom stereocenters. The third-order valence-corrected chi connectivity index (χ3v) is 7.41. The molecule has 0 bridgehead atoms. The number of rotatable bonds is 17. The highest BCUT2D eigenvalue weighted by atomic mass is 16.7. The van der Waals surface area contributed by atoms with Crippen LogP contribution >= 0.6 is 0 Å². The van der Waals surface area contributed by atoms with Crippen molar-refractivity contribution in [1.29, 1.82) is 0 Å². The lowest BCUT2D eigenvalue weighted by Gasteiger charge is -2.29. The predicted octanol–water partition coefficient (Wildman–Crippen LogP) is 9.53. The van der Waals surface area contributed by atoms with Crippen molar-refractivity contribution in [3.63, 3.8) is 0 Å². The van der Waals surface area contributed by atoms with Gasteiger partial charge in [-0.3, -0.25) is 0 Å². The molecule has 1 atom stereocenters. The van der Waals surface area contributed by atoms with Gasteiger partial charge in [0.15, 0.2) is 6.29 Å². The zero-order chi connectivity index (χ0) is 25.4. The summed E-state index contributed by atoms with van der Waals surface area (Å²) in [6.45, 7) is 10.8. The monoisotopic (exact) mass is 492 g/mol. The topological polar surface area (TPSA) is 27.7 Å². The van der Waals surface area contributed by atoms with Crippen molar-refractivity contribution in [3.8, 4) is 16.9 Å². The standard InChI is InChI=1S/C33H48O3/c1-4-6-7-8-9-12-15-28-25-35-33(36-26-28)31-18-16-29(17-19-31)30-20-22-32(23-21-30)34-24-13-10-11-14-27(3)5-2/h4,16-23,27-28,33H,1,5-15,24-26H2,2-3H3/t27-,28?,33?/m0/s1. The molecule has 0 N–H and O–H groups in total. The van der Waals surface area contributed by atoms with Crippen molar-refractivity contribution in [3.05, 3.63) is 66.7 Å². The molecule has 0 aliphatic carbocycles. The summed E-state index contributed by atoms with van der Waals surface area (Å²) in [6.07, 6.45) is 15.5. The predicted molar refractivity (Wildman–Crippen MR) is 151 cm³/mol. The van der Waals surface area contributed by atoms with E-state index in [0.717, 1.165) is 49.9 Å². The van der Waals surface area contributed by atoms with Crippen molar-refractivity contribution in [2.45, 2.75) is 90.8 Å². The molecule has 1 saturated heterocycles. The summed E-state index contributed by atoms with van der Waals surface area (Å²) < 4.78 is 18.1. The molecular formula is C33H48O3. The van der Waals surface area contributed by atoms with Gasteiger partial charge in [-0.15, -0.1) is 6.58 Å². The molecule has 3 heteroatoms. The first kappa shape index (κ1) is 28.5. The molecule has 1 fully saturated rings. The first-order valence-corrected chi connectivity index (χ1v) is 14.4. The van der Waals surface area contributed by atoms with Crippen LogP contribution in [0.5, 0.6) is 5.75 Å². The number of allylic oxidation sites excluding steroid dienone is 1. The van der Waals surface area contributed by atoms with Crippen molar-refractivity contribution in [2.75, 3.05) is 19.8 Å². The highest BCUT2D eigenvalue weighted by Gasteiger charge is 2.23. The minimum absolute atomic E-state index is 0.246. The van der Waals surface area contributed by atoms with Crippen LogP contribution in [0.2, 0.25) is 0 Å². The van der Waals surface area contributed by atoms with Crippen LogP contribution in [0.15, 0.2) is 61.2 Å². The van der Waals surface area contributed by atoms with Crippen molar-refractivity contribution < 1.29 is 14.2 Å². The smallest absolute Gasteiger partial charge is 0.183 e. The maximum Gasteiger partial charge on any atom is 0.183 e. The van der Waals surface area contributed by atoms with E-state index in [9.17, 15) is 0 Å². The maximum atomic E-state index is 6.06. The van der Waals surface area contributed by atoms with E-state index in [1.165, 1.54) is 68.9 Å². The zero-order valence-corrected chi connectivity index (χ0v) is 22.8. The number of ether oxygens (including phenoxy) is 3. The fraction of sp³-hybridized carbons (Fsp3) is 0.576. The number of benzene rings is 2. The number of hydrogen-bond acceptors (Lipinski definition) is 3. The van der Waals surface area contributed by atoms with Gasteiger partial charge in [-0.25, -0.2) is 0 Å². The van der Waals surface area contributed by atoms with Crippen LogP contribution in [0.25, 0.3) is 11.1 Å².